The fraction of sp³-hybridized carbons (Fsp3) is 1.00. The molecule has 82 valence electrons. The average Bonchev–Trinajstić information content (AvgIpc) is 2.00. The Kier molecular flexibility index (Phi) is 3.12. The van der Waals surface area contributed by atoms with E-state index in [1.807, 2.05) is 0 Å². The van der Waals surface area contributed by atoms with E-state index < -0.39 is 0 Å². The summed E-state index contributed by atoms with van der Waals surface area (Å²) < 4.78 is 0. The van der Waals surface area contributed by atoms with E-state index in [2.05, 4.69) is 49.6 Å². The standard InChI is InChI=1S/C11H21NS2/c1-9-4-5-12-11(14-9)6-10(2,3)7-13-8-11/h9,12H,4-8H2,1-3H3. The van der Waals surface area contributed by atoms with E-state index in [4.69, 9.17) is 0 Å². The molecule has 2 rings (SSSR count). The number of hydrogen-bond donors (Lipinski definition) is 1. The fourth-order valence-electron chi connectivity index (χ4n) is 2.55. The molecule has 14 heavy (non-hydrogen) atoms. The van der Waals surface area contributed by atoms with Gasteiger partial charge in [0.1, 0.15) is 0 Å². The lowest BCUT2D eigenvalue weighted by Crippen LogP contribution is -2.54. The molecule has 0 radical (unpaired) electrons. The van der Waals surface area contributed by atoms with E-state index in [-0.39, 0.29) is 0 Å². The van der Waals surface area contributed by atoms with Gasteiger partial charge in [0.15, 0.2) is 0 Å². The number of nitrogens with one attached hydrogen (secondary N) is 1. The monoisotopic (exact) mass is 231 g/mol. The van der Waals surface area contributed by atoms with Gasteiger partial charge in [-0.25, -0.2) is 0 Å². The summed E-state index contributed by atoms with van der Waals surface area (Å²) in [5.41, 5.74) is 0.514. The molecule has 2 aliphatic rings. The summed E-state index contributed by atoms with van der Waals surface area (Å²) in [4.78, 5) is 0.393. The Balaban J connectivity index is 2.06. The first-order valence-corrected chi connectivity index (χ1v) is 7.55. The topological polar surface area (TPSA) is 12.0 Å². The number of rotatable bonds is 0. The minimum absolute atomic E-state index is 0.393. The van der Waals surface area contributed by atoms with Crippen LogP contribution in [-0.4, -0.2) is 28.2 Å². The van der Waals surface area contributed by atoms with Gasteiger partial charge in [0.2, 0.25) is 0 Å². The summed E-state index contributed by atoms with van der Waals surface area (Å²) in [6, 6.07) is 0. The molecule has 2 aliphatic heterocycles. The summed E-state index contributed by atoms with van der Waals surface area (Å²) in [7, 11) is 0. The Bertz CT molecular complexity index is 213. The molecule has 0 aliphatic carbocycles. The van der Waals surface area contributed by atoms with Crippen molar-refractivity contribution in [1.29, 1.82) is 0 Å². The predicted octanol–water partition coefficient (Wildman–Crippen LogP) is 2.96. The lowest BCUT2D eigenvalue weighted by atomic mass is 9.87. The molecule has 2 fully saturated rings. The van der Waals surface area contributed by atoms with E-state index in [1.165, 1.54) is 30.9 Å². The SMILES string of the molecule is CC1CCNC2(CSCC(C)(C)C2)S1. The highest BCUT2D eigenvalue weighted by molar-refractivity contribution is 8.04. The third-order valence-electron chi connectivity index (χ3n) is 3.02. The van der Waals surface area contributed by atoms with Gasteiger partial charge in [-0.1, -0.05) is 20.8 Å². The highest BCUT2D eigenvalue weighted by Gasteiger charge is 2.43. The van der Waals surface area contributed by atoms with Gasteiger partial charge in [-0.05, 0) is 30.6 Å². The van der Waals surface area contributed by atoms with Crippen LogP contribution in [-0.2, 0) is 0 Å². The van der Waals surface area contributed by atoms with Crippen LogP contribution in [0.1, 0.15) is 33.6 Å². The van der Waals surface area contributed by atoms with Crippen LogP contribution < -0.4 is 5.32 Å². The van der Waals surface area contributed by atoms with Gasteiger partial charge in [-0.3, -0.25) is 0 Å². The highest BCUT2D eigenvalue weighted by Crippen LogP contribution is 2.47. The first-order valence-electron chi connectivity index (χ1n) is 5.52. The van der Waals surface area contributed by atoms with Crippen LogP contribution in [0.15, 0.2) is 0 Å². The van der Waals surface area contributed by atoms with Gasteiger partial charge in [-0.2, -0.15) is 11.8 Å². The smallest absolute Gasteiger partial charge is 0.0744 e. The lowest BCUT2D eigenvalue weighted by molar-refractivity contribution is 0.290. The van der Waals surface area contributed by atoms with Gasteiger partial charge in [0.05, 0.1) is 4.87 Å². The fourth-order valence-corrected chi connectivity index (χ4v) is 6.02. The second-order valence-electron chi connectivity index (χ2n) is 5.47. The van der Waals surface area contributed by atoms with Gasteiger partial charge >= 0.3 is 0 Å². The van der Waals surface area contributed by atoms with Crippen molar-refractivity contribution in [3.05, 3.63) is 0 Å². The third-order valence-corrected chi connectivity index (χ3v) is 6.40. The zero-order chi connectivity index (χ0) is 10.2. The second kappa shape index (κ2) is 3.91. The van der Waals surface area contributed by atoms with Crippen LogP contribution in [0, 0.1) is 5.41 Å². The highest BCUT2D eigenvalue weighted by atomic mass is 32.2. The van der Waals surface area contributed by atoms with E-state index in [0.717, 1.165) is 5.25 Å². The van der Waals surface area contributed by atoms with Crippen molar-refractivity contribution >= 4 is 23.5 Å². The van der Waals surface area contributed by atoms with Crippen molar-refractivity contribution < 1.29 is 0 Å². The van der Waals surface area contributed by atoms with Gasteiger partial charge in [0, 0.05) is 11.0 Å². The van der Waals surface area contributed by atoms with E-state index in [9.17, 15) is 0 Å². The Labute approximate surface area is 96.2 Å². The van der Waals surface area contributed by atoms with Gasteiger partial charge < -0.3 is 5.32 Å². The molecule has 0 saturated carbocycles. The summed E-state index contributed by atoms with van der Waals surface area (Å²) in [6.45, 7) is 8.40. The normalized spacial score (nSPS) is 42.6. The van der Waals surface area contributed by atoms with Crippen molar-refractivity contribution in [3.63, 3.8) is 0 Å². The predicted molar refractivity (Wildman–Crippen MR) is 68.1 cm³/mol. The number of thioether (sulfide) groups is 2. The molecule has 0 bridgehead atoms. The molecular weight excluding hydrogens is 210 g/mol. The Morgan fingerprint density at radius 1 is 1.29 bits per heavy atom. The summed E-state index contributed by atoms with van der Waals surface area (Å²) in [6.07, 6.45) is 2.67. The van der Waals surface area contributed by atoms with Crippen molar-refractivity contribution in [2.45, 2.75) is 43.7 Å². The van der Waals surface area contributed by atoms with Gasteiger partial charge in [0.25, 0.3) is 0 Å². The zero-order valence-corrected chi connectivity index (χ0v) is 11.1. The Hall–Kier alpha value is 0.660. The van der Waals surface area contributed by atoms with E-state index in [1.54, 1.807) is 0 Å². The van der Waals surface area contributed by atoms with Crippen molar-refractivity contribution in [3.8, 4) is 0 Å². The zero-order valence-electron chi connectivity index (χ0n) is 9.43. The molecule has 1 N–H and O–H groups in total. The van der Waals surface area contributed by atoms with Crippen LogP contribution in [0.2, 0.25) is 0 Å². The van der Waals surface area contributed by atoms with Crippen LogP contribution in [0.25, 0.3) is 0 Å². The molecule has 2 atom stereocenters. The average molecular weight is 231 g/mol. The molecule has 3 heteroatoms. The second-order valence-corrected chi connectivity index (χ2v) is 8.28. The van der Waals surface area contributed by atoms with E-state index in [0.29, 0.717) is 10.3 Å². The molecule has 0 aromatic heterocycles. The van der Waals surface area contributed by atoms with Crippen molar-refractivity contribution in [2.24, 2.45) is 5.41 Å². The maximum absolute atomic E-state index is 3.76. The van der Waals surface area contributed by atoms with Crippen LogP contribution in [0.4, 0.5) is 0 Å². The van der Waals surface area contributed by atoms with Crippen molar-refractivity contribution in [2.75, 3.05) is 18.1 Å². The number of hydrogen-bond acceptors (Lipinski definition) is 3. The first-order chi connectivity index (χ1) is 6.52. The quantitative estimate of drug-likeness (QED) is 0.688. The maximum Gasteiger partial charge on any atom is 0.0744 e. The Morgan fingerprint density at radius 3 is 2.71 bits per heavy atom. The molecule has 1 spiro atoms. The molecule has 0 amide bonds. The molecular formula is C11H21NS2. The van der Waals surface area contributed by atoms with Gasteiger partial charge in [-0.15, -0.1) is 11.8 Å². The molecule has 2 unspecified atom stereocenters. The summed E-state index contributed by atoms with van der Waals surface area (Å²) in [5, 5.41) is 4.60. The van der Waals surface area contributed by atoms with E-state index >= 15 is 0 Å². The molecule has 1 nitrogen and oxygen atoms in total. The molecule has 2 heterocycles. The molecule has 2 saturated heterocycles. The van der Waals surface area contributed by atoms with Crippen LogP contribution in [0.3, 0.4) is 0 Å². The molecule has 0 aromatic rings. The summed E-state index contributed by atoms with van der Waals surface area (Å²) >= 11 is 4.31. The largest absolute Gasteiger partial charge is 0.302 e. The Morgan fingerprint density at radius 2 is 2.07 bits per heavy atom. The van der Waals surface area contributed by atoms with Crippen LogP contribution >= 0.6 is 23.5 Å². The lowest BCUT2D eigenvalue weighted by Gasteiger charge is -2.48. The van der Waals surface area contributed by atoms with Crippen LogP contribution in [0.5, 0.6) is 0 Å². The third kappa shape index (κ3) is 2.42. The minimum atomic E-state index is 0.393. The van der Waals surface area contributed by atoms with Crippen molar-refractivity contribution in [1.82, 2.24) is 5.32 Å². The summed E-state index contributed by atoms with van der Waals surface area (Å²) in [5.74, 6) is 2.62. The minimum Gasteiger partial charge on any atom is -0.302 e. The molecule has 0 aromatic carbocycles. The maximum atomic E-state index is 3.76. The first kappa shape index (κ1) is 11.2.